The Bertz CT molecular complexity index is 1240. The molecule has 0 saturated carbocycles. The van der Waals surface area contributed by atoms with E-state index < -0.39 is 5.91 Å². The van der Waals surface area contributed by atoms with Gasteiger partial charge in [-0.25, -0.2) is 0 Å². The maximum Gasteiger partial charge on any atom is 0.259 e. The Kier molecular flexibility index (Phi) is 5.49. The third-order valence-corrected chi connectivity index (χ3v) is 5.54. The first kappa shape index (κ1) is 19.7. The summed E-state index contributed by atoms with van der Waals surface area (Å²) in [7, 11) is 0. The number of rotatable bonds is 5. The zero-order valence-corrected chi connectivity index (χ0v) is 17.2. The van der Waals surface area contributed by atoms with Gasteiger partial charge in [-0.15, -0.1) is 20.4 Å². The lowest BCUT2D eigenvalue weighted by Gasteiger charge is -2.11. The second kappa shape index (κ2) is 8.38. The minimum absolute atomic E-state index is 0.117. The van der Waals surface area contributed by atoms with E-state index in [0.29, 0.717) is 16.2 Å². The number of benzene rings is 3. The van der Waals surface area contributed by atoms with Crippen LogP contribution in [0.2, 0.25) is 0 Å². The molecule has 0 aliphatic carbocycles. The lowest BCUT2D eigenvalue weighted by Crippen LogP contribution is -2.12. The number of aromatic hydroxyl groups is 1. The molecule has 8 heteroatoms. The van der Waals surface area contributed by atoms with E-state index in [0.717, 1.165) is 10.4 Å². The number of carbonyl (C=O) groups excluding carboxylic acids is 1. The van der Waals surface area contributed by atoms with E-state index in [2.05, 4.69) is 25.7 Å². The summed E-state index contributed by atoms with van der Waals surface area (Å²) >= 11 is 1.34. The number of anilines is 1. The van der Waals surface area contributed by atoms with Crippen LogP contribution in [-0.4, -0.2) is 21.2 Å². The minimum atomic E-state index is -0.432. The average Bonchev–Trinajstić information content (AvgIpc) is 3.23. The molecule has 0 aliphatic heterocycles. The molecular weight excluding hydrogens is 398 g/mol. The van der Waals surface area contributed by atoms with Gasteiger partial charge >= 0.3 is 0 Å². The number of fused-ring (bicyclic) bond motifs is 1. The van der Waals surface area contributed by atoms with Crippen molar-refractivity contribution in [2.75, 3.05) is 5.32 Å². The van der Waals surface area contributed by atoms with Crippen LogP contribution in [0, 0.1) is 0 Å². The predicted octanol–water partition coefficient (Wildman–Crippen LogP) is 6.19. The van der Waals surface area contributed by atoms with Crippen molar-refractivity contribution in [1.29, 1.82) is 0 Å². The van der Waals surface area contributed by atoms with Gasteiger partial charge in [0.15, 0.2) is 5.75 Å². The number of para-hydroxylation sites is 1. The summed E-state index contributed by atoms with van der Waals surface area (Å²) in [6.07, 6.45) is 0. The zero-order chi connectivity index (χ0) is 21.1. The van der Waals surface area contributed by atoms with Crippen molar-refractivity contribution < 1.29 is 9.90 Å². The highest BCUT2D eigenvalue weighted by atomic mass is 32.1. The lowest BCUT2D eigenvalue weighted by molar-refractivity contribution is 0.102. The molecule has 0 radical (unpaired) electrons. The van der Waals surface area contributed by atoms with Crippen molar-refractivity contribution in [2.24, 2.45) is 10.2 Å². The van der Waals surface area contributed by atoms with Crippen LogP contribution in [0.4, 0.5) is 16.5 Å². The molecule has 1 amide bonds. The second-order valence-corrected chi connectivity index (χ2v) is 7.93. The van der Waals surface area contributed by atoms with E-state index in [4.69, 9.17) is 0 Å². The maximum absolute atomic E-state index is 12.8. The van der Waals surface area contributed by atoms with Crippen molar-refractivity contribution >= 4 is 44.5 Å². The predicted molar refractivity (Wildman–Crippen MR) is 118 cm³/mol. The fourth-order valence-electron chi connectivity index (χ4n) is 2.90. The molecule has 150 valence electrons. The van der Waals surface area contributed by atoms with Gasteiger partial charge in [-0.3, -0.25) is 4.79 Å². The molecule has 2 N–H and O–H groups in total. The first-order valence-electron chi connectivity index (χ1n) is 9.39. The molecule has 0 bridgehead atoms. The van der Waals surface area contributed by atoms with E-state index in [9.17, 15) is 9.90 Å². The van der Waals surface area contributed by atoms with Crippen LogP contribution in [-0.2, 0) is 0 Å². The van der Waals surface area contributed by atoms with Gasteiger partial charge in [0.2, 0.25) is 0 Å². The lowest BCUT2D eigenvalue weighted by atomic mass is 10.0. The largest absolute Gasteiger partial charge is 0.505 e. The maximum atomic E-state index is 12.8. The number of hydrogen-bond donors (Lipinski definition) is 2. The molecule has 4 rings (SSSR count). The topological polar surface area (TPSA) is 99.8 Å². The van der Waals surface area contributed by atoms with E-state index in [-0.39, 0.29) is 22.9 Å². The van der Waals surface area contributed by atoms with Gasteiger partial charge in [-0.2, -0.15) is 0 Å². The van der Waals surface area contributed by atoms with Crippen LogP contribution in [0.25, 0.3) is 10.8 Å². The van der Waals surface area contributed by atoms with Crippen molar-refractivity contribution in [2.45, 2.75) is 19.8 Å². The Morgan fingerprint density at radius 1 is 1.03 bits per heavy atom. The number of nitrogens with zero attached hydrogens (tertiary/aromatic N) is 4. The standard InChI is InChI=1S/C22H19N5O2S/c1-13(2)21-25-27-22(30-21)26-24-18-16-11-7-6-8-14(16)12-17(19(18)28)20(29)23-15-9-4-3-5-10-15/h3-13,28H,1-2H3,(H,23,29). The third kappa shape index (κ3) is 4.04. The highest BCUT2D eigenvalue weighted by molar-refractivity contribution is 7.15. The minimum Gasteiger partial charge on any atom is -0.505 e. The monoisotopic (exact) mass is 417 g/mol. The zero-order valence-electron chi connectivity index (χ0n) is 16.4. The summed E-state index contributed by atoms with van der Waals surface area (Å²) < 4.78 is 0. The molecule has 30 heavy (non-hydrogen) atoms. The Morgan fingerprint density at radius 2 is 1.77 bits per heavy atom. The summed E-state index contributed by atoms with van der Waals surface area (Å²) in [4.78, 5) is 12.8. The Hall–Kier alpha value is -3.65. The number of phenols is 1. The number of aromatic nitrogens is 2. The molecular formula is C22H19N5O2S. The number of azo groups is 1. The number of nitrogens with one attached hydrogen (secondary N) is 1. The van der Waals surface area contributed by atoms with Crippen LogP contribution >= 0.6 is 11.3 Å². The Labute approximate surface area is 177 Å². The van der Waals surface area contributed by atoms with Gasteiger partial charge in [0, 0.05) is 17.0 Å². The van der Waals surface area contributed by atoms with E-state index in [1.807, 2.05) is 56.3 Å². The molecule has 3 aromatic carbocycles. The molecule has 1 aromatic heterocycles. The second-order valence-electron chi connectivity index (χ2n) is 6.94. The molecule has 0 fully saturated rings. The van der Waals surface area contributed by atoms with Gasteiger partial charge in [0.1, 0.15) is 10.7 Å². The SMILES string of the molecule is CC(C)c1nnc(N=Nc2c(O)c(C(=O)Nc3ccccc3)cc3ccccc23)s1. The first-order valence-corrected chi connectivity index (χ1v) is 10.2. The van der Waals surface area contributed by atoms with Gasteiger partial charge in [0.05, 0.1) is 5.56 Å². The summed E-state index contributed by atoms with van der Waals surface area (Å²) in [6.45, 7) is 4.05. The molecule has 1 heterocycles. The van der Waals surface area contributed by atoms with Crippen LogP contribution in [0.15, 0.2) is 70.9 Å². The molecule has 0 atom stereocenters. The quantitative estimate of drug-likeness (QED) is 0.378. The van der Waals surface area contributed by atoms with Gasteiger partial charge in [0.25, 0.3) is 11.0 Å². The highest BCUT2D eigenvalue weighted by Crippen LogP contribution is 2.40. The van der Waals surface area contributed by atoms with Gasteiger partial charge < -0.3 is 10.4 Å². The summed E-state index contributed by atoms with van der Waals surface area (Å²) in [6, 6.07) is 18.1. The average molecular weight is 417 g/mol. The summed E-state index contributed by atoms with van der Waals surface area (Å²) in [5.74, 6) is -0.427. The summed E-state index contributed by atoms with van der Waals surface area (Å²) in [5.41, 5.74) is 0.965. The Morgan fingerprint density at radius 3 is 2.50 bits per heavy atom. The normalized spacial score (nSPS) is 11.4. The van der Waals surface area contributed by atoms with Crippen LogP contribution in [0.3, 0.4) is 0 Å². The fraction of sp³-hybridized carbons (Fsp3) is 0.136. The number of phenolic OH excluding ortho intramolecular Hbond substituents is 1. The van der Waals surface area contributed by atoms with Crippen molar-refractivity contribution in [3.63, 3.8) is 0 Å². The molecule has 0 aliphatic rings. The molecule has 0 saturated heterocycles. The molecule has 0 spiro atoms. The fourth-order valence-corrected chi connectivity index (χ4v) is 3.57. The van der Waals surface area contributed by atoms with E-state index in [1.165, 1.54) is 11.3 Å². The number of amides is 1. The van der Waals surface area contributed by atoms with Crippen LogP contribution < -0.4 is 5.32 Å². The summed E-state index contributed by atoms with van der Waals surface area (Å²) in [5, 5.41) is 32.8. The highest BCUT2D eigenvalue weighted by Gasteiger charge is 2.19. The first-order chi connectivity index (χ1) is 14.5. The van der Waals surface area contributed by atoms with Gasteiger partial charge in [-0.1, -0.05) is 67.6 Å². The van der Waals surface area contributed by atoms with E-state index in [1.54, 1.807) is 18.2 Å². The molecule has 4 aromatic rings. The Balaban J connectivity index is 1.75. The number of carbonyl (C=O) groups is 1. The van der Waals surface area contributed by atoms with Crippen LogP contribution in [0.5, 0.6) is 5.75 Å². The van der Waals surface area contributed by atoms with Crippen molar-refractivity contribution in [1.82, 2.24) is 10.2 Å². The molecule has 7 nitrogen and oxygen atoms in total. The van der Waals surface area contributed by atoms with E-state index >= 15 is 0 Å². The molecule has 0 unspecified atom stereocenters. The number of hydrogen-bond acceptors (Lipinski definition) is 7. The smallest absolute Gasteiger partial charge is 0.259 e. The van der Waals surface area contributed by atoms with Gasteiger partial charge in [-0.05, 0) is 23.6 Å². The van der Waals surface area contributed by atoms with Crippen molar-refractivity contribution in [3.05, 3.63) is 71.2 Å². The van der Waals surface area contributed by atoms with Crippen LogP contribution in [0.1, 0.15) is 35.1 Å². The third-order valence-electron chi connectivity index (χ3n) is 4.43. The van der Waals surface area contributed by atoms with Crippen molar-refractivity contribution in [3.8, 4) is 5.75 Å².